The highest BCUT2D eigenvalue weighted by Crippen LogP contribution is 1.89. The summed E-state index contributed by atoms with van der Waals surface area (Å²) in [5.74, 6) is -4.60. The second-order valence-corrected chi connectivity index (χ2v) is 2.12. The highest BCUT2D eigenvalue weighted by molar-refractivity contribution is 6.59. The third-order valence-corrected chi connectivity index (χ3v) is 1.11. The Bertz CT molecular complexity index is 196. The molecule has 0 aromatic heterocycles. The molecule has 0 atom stereocenters. The molecule has 5 heteroatoms. The van der Waals surface area contributed by atoms with Crippen LogP contribution in [0.25, 0.3) is 0 Å². The topological polar surface area (TPSA) is 80.7 Å². The van der Waals surface area contributed by atoms with Crippen LogP contribution in [0, 0.1) is 0 Å². The molecule has 0 saturated carbocycles. The molecule has 0 heterocycles. The summed E-state index contributed by atoms with van der Waals surface area (Å²) in [6, 6.07) is 0. The number of carbonyl (C=O) groups excluding carboxylic acids is 2. The molecule has 0 fully saturated rings. The first-order valence-corrected chi connectivity index (χ1v) is 3.54. The molecule has 68 valence electrons. The maximum absolute atomic E-state index is 10.5. The minimum atomic E-state index is -1.78. The van der Waals surface area contributed by atoms with Crippen LogP contribution in [0.3, 0.4) is 0 Å². The van der Waals surface area contributed by atoms with Gasteiger partial charge in [-0.15, -0.1) is 0 Å². The zero-order valence-electron chi connectivity index (χ0n) is 6.70. The maximum Gasteiger partial charge on any atom is 0.386 e. The standard InChI is InChI=1S/C7H10O5/c1-2-3-4-12-7(11)5(8)6(9)10/h2-4H2,1H3,(H,9,10). The van der Waals surface area contributed by atoms with E-state index < -0.39 is 17.7 Å². The van der Waals surface area contributed by atoms with Gasteiger partial charge in [0.15, 0.2) is 0 Å². The Balaban J connectivity index is 3.73. The first-order chi connectivity index (χ1) is 5.59. The zero-order valence-corrected chi connectivity index (χ0v) is 6.70. The van der Waals surface area contributed by atoms with Crippen molar-refractivity contribution in [2.45, 2.75) is 19.8 Å². The lowest BCUT2D eigenvalue weighted by Gasteiger charge is -1.98. The van der Waals surface area contributed by atoms with E-state index in [4.69, 9.17) is 5.11 Å². The van der Waals surface area contributed by atoms with Gasteiger partial charge in [0, 0.05) is 0 Å². The van der Waals surface area contributed by atoms with Gasteiger partial charge in [-0.05, 0) is 6.42 Å². The van der Waals surface area contributed by atoms with Crippen molar-refractivity contribution in [3.05, 3.63) is 0 Å². The van der Waals surface area contributed by atoms with Gasteiger partial charge in [-0.2, -0.15) is 0 Å². The van der Waals surface area contributed by atoms with E-state index in [1.807, 2.05) is 6.92 Å². The second kappa shape index (κ2) is 5.29. The van der Waals surface area contributed by atoms with Crippen LogP contribution in [0.15, 0.2) is 0 Å². The Morgan fingerprint density at radius 3 is 2.33 bits per heavy atom. The minimum absolute atomic E-state index is 0.0916. The monoisotopic (exact) mass is 174 g/mol. The van der Waals surface area contributed by atoms with Gasteiger partial charge >= 0.3 is 17.7 Å². The Kier molecular flexibility index (Phi) is 4.67. The second-order valence-electron chi connectivity index (χ2n) is 2.12. The number of carboxylic acids is 1. The Morgan fingerprint density at radius 2 is 1.92 bits per heavy atom. The number of Topliss-reactive ketones (excluding diaryl/α,β-unsaturated/α-hetero) is 1. The van der Waals surface area contributed by atoms with Gasteiger partial charge in [0.2, 0.25) is 0 Å². The normalized spacial score (nSPS) is 9.08. The third-order valence-electron chi connectivity index (χ3n) is 1.11. The van der Waals surface area contributed by atoms with Crippen LogP contribution < -0.4 is 0 Å². The lowest BCUT2D eigenvalue weighted by Crippen LogP contribution is -2.25. The van der Waals surface area contributed by atoms with Crippen LogP contribution in [0.2, 0.25) is 0 Å². The van der Waals surface area contributed by atoms with Gasteiger partial charge in [0.05, 0.1) is 6.61 Å². The van der Waals surface area contributed by atoms with Crippen LogP contribution in [0.5, 0.6) is 0 Å². The molecule has 1 N–H and O–H groups in total. The van der Waals surface area contributed by atoms with Crippen molar-refractivity contribution in [2.75, 3.05) is 6.61 Å². The molecule has 0 radical (unpaired) electrons. The molecule has 0 aliphatic carbocycles. The zero-order chi connectivity index (χ0) is 9.56. The number of carbonyl (C=O) groups is 3. The molecule has 12 heavy (non-hydrogen) atoms. The van der Waals surface area contributed by atoms with E-state index in [1.54, 1.807) is 0 Å². The van der Waals surface area contributed by atoms with E-state index in [9.17, 15) is 14.4 Å². The molecule has 0 saturated heterocycles. The fourth-order valence-corrected chi connectivity index (χ4v) is 0.462. The molecule has 0 unspecified atom stereocenters. The summed E-state index contributed by atoms with van der Waals surface area (Å²) >= 11 is 0. The highest BCUT2D eigenvalue weighted by atomic mass is 16.5. The number of unbranched alkanes of at least 4 members (excludes halogenated alkanes) is 1. The quantitative estimate of drug-likeness (QED) is 0.274. The molecular formula is C7H10O5. The lowest BCUT2D eigenvalue weighted by atomic mass is 10.3. The van der Waals surface area contributed by atoms with Crippen molar-refractivity contribution >= 4 is 17.7 Å². The van der Waals surface area contributed by atoms with Crippen LogP contribution >= 0.6 is 0 Å². The molecule has 0 aromatic rings. The number of ketones is 1. The summed E-state index contributed by atoms with van der Waals surface area (Å²) in [7, 11) is 0. The lowest BCUT2D eigenvalue weighted by molar-refractivity contribution is -0.162. The molecular weight excluding hydrogens is 164 g/mol. The summed E-state index contributed by atoms with van der Waals surface area (Å²) in [5, 5.41) is 8.06. The number of esters is 1. The summed E-state index contributed by atoms with van der Waals surface area (Å²) in [4.78, 5) is 30.8. The maximum atomic E-state index is 10.5. The fourth-order valence-electron chi connectivity index (χ4n) is 0.462. The Hall–Kier alpha value is -1.39. The van der Waals surface area contributed by atoms with Crippen molar-refractivity contribution in [3.8, 4) is 0 Å². The molecule has 0 amide bonds. The summed E-state index contributed by atoms with van der Waals surface area (Å²) in [6.45, 7) is 1.97. The van der Waals surface area contributed by atoms with Crippen molar-refractivity contribution in [1.82, 2.24) is 0 Å². The third kappa shape index (κ3) is 3.70. The summed E-state index contributed by atoms with van der Waals surface area (Å²) < 4.78 is 4.34. The number of aliphatic carboxylic acids is 1. The van der Waals surface area contributed by atoms with Gasteiger partial charge in [0.25, 0.3) is 0 Å². The van der Waals surface area contributed by atoms with Crippen molar-refractivity contribution in [1.29, 1.82) is 0 Å². The molecule has 0 aromatic carbocycles. The number of ether oxygens (including phenoxy) is 1. The van der Waals surface area contributed by atoms with E-state index >= 15 is 0 Å². The SMILES string of the molecule is CCCCOC(=O)C(=O)C(=O)O. The Morgan fingerprint density at radius 1 is 1.33 bits per heavy atom. The average Bonchev–Trinajstić information content (AvgIpc) is 2.03. The number of hydrogen-bond donors (Lipinski definition) is 1. The van der Waals surface area contributed by atoms with Gasteiger partial charge < -0.3 is 9.84 Å². The predicted molar refractivity (Wildman–Crippen MR) is 38.5 cm³/mol. The first-order valence-electron chi connectivity index (χ1n) is 3.54. The van der Waals surface area contributed by atoms with E-state index in [2.05, 4.69) is 4.74 Å². The van der Waals surface area contributed by atoms with E-state index in [1.165, 1.54) is 0 Å². The molecule has 0 spiro atoms. The van der Waals surface area contributed by atoms with Crippen LogP contribution in [0.1, 0.15) is 19.8 Å². The minimum Gasteiger partial charge on any atom is -0.475 e. The van der Waals surface area contributed by atoms with Gasteiger partial charge in [-0.25, -0.2) is 9.59 Å². The van der Waals surface area contributed by atoms with Gasteiger partial charge in [-0.1, -0.05) is 13.3 Å². The van der Waals surface area contributed by atoms with E-state index in [0.29, 0.717) is 6.42 Å². The predicted octanol–water partition coefficient (Wildman–Crippen LogP) is -0.0166. The Labute approximate surface area is 69.3 Å². The molecule has 0 rings (SSSR count). The van der Waals surface area contributed by atoms with Crippen LogP contribution in [-0.4, -0.2) is 29.4 Å². The van der Waals surface area contributed by atoms with Gasteiger partial charge in [0.1, 0.15) is 0 Å². The number of carboxylic acid groups (broad SMARTS) is 1. The number of hydrogen-bond acceptors (Lipinski definition) is 4. The molecule has 0 aliphatic rings. The number of rotatable bonds is 5. The van der Waals surface area contributed by atoms with Crippen LogP contribution in [0.4, 0.5) is 0 Å². The largest absolute Gasteiger partial charge is 0.475 e. The highest BCUT2D eigenvalue weighted by Gasteiger charge is 2.22. The van der Waals surface area contributed by atoms with Crippen molar-refractivity contribution in [3.63, 3.8) is 0 Å². The summed E-state index contributed by atoms with van der Waals surface area (Å²) in [6.07, 6.45) is 1.44. The van der Waals surface area contributed by atoms with Gasteiger partial charge in [-0.3, -0.25) is 4.79 Å². The fraction of sp³-hybridized carbons (Fsp3) is 0.571. The molecule has 0 aliphatic heterocycles. The first kappa shape index (κ1) is 10.6. The van der Waals surface area contributed by atoms with E-state index in [-0.39, 0.29) is 6.61 Å². The molecule has 5 nitrogen and oxygen atoms in total. The van der Waals surface area contributed by atoms with Crippen molar-refractivity contribution in [2.24, 2.45) is 0 Å². The van der Waals surface area contributed by atoms with Crippen molar-refractivity contribution < 1.29 is 24.2 Å². The van der Waals surface area contributed by atoms with Crippen LogP contribution in [-0.2, 0) is 19.1 Å². The summed E-state index contributed by atoms with van der Waals surface area (Å²) in [5.41, 5.74) is 0. The molecule has 0 bridgehead atoms. The van der Waals surface area contributed by atoms with E-state index in [0.717, 1.165) is 6.42 Å². The average molecular weight is 174 g/mol. The smallest absolute Gasteiger partial charge is 0.386 e.